The Morgan fingerprint density at radius 2 is 1.79 bits per heavy atom. The van der Waals surface area contributed by atoms with Crippen LogP contribution in [-0.2, 0) is 0 Å². The van der Waals surface area contributed by atoms with Gasteiger partial charge in [-0.2, -0.15) is 0 Å². The van der Waals surface area contributed by atoms with Crippen LogP contribution in [-0.4, -0.2) is 0 Å². The average molecular weight is 192 g/mol. The van der Waals surface area contributed by atoms with E-state index in [2.05, 4.69) is 6.92 Å². The highest BCUT2D eigenvalue weighted by molar-refractivity contribution is 5.02. The summed E-state index contributed by atoms with van der Waals surface area (Å²) in [5.41, 5.74) is 0. The quantitative estimate of drug-likeness (QED) is 0.584. The molecule has 0 aromatic carbocycles. The van der Waals surface area contributed by atoms with E-state index >= 15 is 0 Å². The normalized spacial score (nSPS) is 49.1. The van der Waals surface area contributed by atoms with E-state index in [9.17, 15) is 0 Å². The first-order chi connectivity index (χ1) is 6.88. The average Bonchev–Trinajstić information content (AvgIpc) is 2.59. The highest BCUT2D eigenvalue weighted by Crippen LogP contribution is 2.62. The van der Waals surface area contributed by atoms with Gasteiger partial charge in [-0.05, 0) is 61.7 Å². The second-order valence-electron chi connectivity index (χ2n) is 6.15. The second-order valence-corrected chi connectivity index (χ2v) is 6.15. The molecule has 4 saturated carbocycles. The van der Waals surface area contributed by atoms with E-state index in [-0.39, 0.29) is 0 Å². The standard InChI is InChI=1S/C14H24/c1-2-3-4-5-13-11-6-10-7-12(9-11)14(13)8-10/h10-14H,2-9H2,1H3. The van der Waals surface area contributed by atoms with Gasteiger partial charge in [0.05, 0.1) is 0 Å². The van der Waals surface area contributed by atoms with E-state index in [1.165, 1.54) is 48.9 Å². The van der Waals surface area contributed by atoms with Gasteiger partial charge < -0.3 is 0 Å². The van der Waals surface area contributed by atoms with Gasteiger partial charge in [0.15, 0.2) is 0 Å². The Kier molecular flexibility index (Phi) is 2.34. The first kappa shape index (κ1) is 9.24. The Bertz CT molecular complexity index is 204. The van der Waals surface area contributed by atoms with Crippen molar-refractivity contribution in [2.45, 2.75) is 58.3 Å². The van der Waals surface area contributed by atoms with Gasteiger partial charge in [-0.1, -0.05) is 26.2 Å². The van der Waals surface area contributed by atoms with Crippen molar-refractivity contribution >= 4 is 0 Å². The monoisotopic (exact) mass is 192 g/mol. The molecule has 4 aliphatic carbocycles. The van der Waals surface area contributed by atoms with Crippen LogP contribution in [0.15, 0.2) is 0 Å². The fourth-order valence-corrected chi connectivity index (χ4v) is 4.96. The molecule has 0 aliphatic heterocycles. The Labute approximate surface area is 88.5 Å². The van der Waals surface area contributed by atoms with Gasteiger partial charge >= 0.3 is 0 Å². The van der Waals surface area contributed by atoms with Crippen LogP contribution in [0.25, 0.3) is 0 Å². The summed E-state index contributed by atoms with van der Waals surface area (Å²) in [6.45, 7) is 2.33. The Balaban J connectivity index is 1.59. The minimum atomic E-state index is 1.17. The molecule has 0 amide bonds. The lowest BCUT2D eigenvalue weighted by atomic mass is 9.73. The molecule has 0 N–H and O–H groups in total. The van der Waals surface area contributed by atoms with Crippen LogP contribution in [0.5, 0.6) is 0 Å². The number of unbranched alkanes of at least 4 members (excludes halogenated alkanes) is 2. The van der Waals surface area contributed by atoms with E-state index in [1.54, 1.807) is 32.1 Å². The van der Waals surface area contributed by atoms with Crippen LogP contribution in [0.4, 0.5) is 0 Å². The molecule has 0 radical (unpaired) electrons. The minimum Gasteiger partial charge on any atom is -0.0654 e. The largest absolute Gasteiger partial charge is 0.0654 e. The van der Waals surface area contributed by atoms with Crippen molar-refractivity contribution in [3.05, 3.63) is 0 Å². The number of hydrogen-bond donors (Lipinski definition) is 0. The molecule has 4 rings (SSSR count). The molecule has 0 nitrogen and oxygen atoms in total. The lowest BCUT2D eigenvalue weighted by molar-refractivity contribution is 0.183. The molecule has 0 spiro atoms. The predicted molar refractivity (Wildman–Crippen MR) is 60.1 cm³/mol. The summed E-state index contributed by atoms with van der Waals surface area (Å²) >= 11 is 0. The Morgan fingerprint density at radius 3 is 2.57 bits per heavy atom. The zero-order chi connectivity index (χ0) is 9.54. The molecule has 14 heavy (non-hydrogen) atoms. The number of hydrogen-bond acceptors (Lipinski definition) is 0. The minimum absolute atomic E-state index is 1.17. The van der Waals surface area contributed by atoms with Crippen molar-refractivity contribution in [3.8, 4) is 0 Å². The Morgan fingerprint density at radius 1 is 0.929 bits per heavy atom. The van der Waals surface area contributed by atoms with Crippen LogP contribution in [0, 0.1) is 29.6 Å². The summed E-state index contributed by atoms with van der Waals surface area (Å²) in [5, 5.41) is 0. The molecule has 4 bridgehead atoms. The summed E-state index contributed by atoms with van der Waals surface area (Å²) in [4.78, 5) is 0. The van der Waals surface area contributed by atoms with E-state index in [1.807, 2.05) is 0 Å². The maximum Gasteiger partial charge on any atom is -0.0352 e. The van der Waals surface area contributed by atoms with Crippen LogP contribution in [0.2, 0.25) is 0 Å². The molecule has 0 aromatic rings. The number of rotatable bonds is 4. The van der Waals surface area contributed by atoms with Crippen LogP contribution >= 0.6 is 0 Å². The summed E-state index contributed by atoms with van der Waals surface area (Å²) in [6, 6.07) is 0. The van der Waals surface area contributed by atoms with Crippen LogP contribution in [0.3, 0.4) is 0 Å². The van der Waals surface area contributed by atoms with Crippen LogP contribution < -0.4 is 0 Å². The third-order valence-corrected chi connectivity index (χ3v) is 5.39. The fraction of sp³-hybridized carbons (Fsp3) is 1.00. The molecule has 5 unspecified atom stereocenters. The molecule has 0 heterocycles. The van der Waals surface area contributed by atoms with Gasteiger partial charge in [0.1, 0.15) is 0 Å². The van der Waals surface area contributed by atoms with Gasteiger partial charge in [0.2, 0.25) is 0 Å². The smallest absolute Gasteiger partial charge is 0.0352 e. The van der Waals surface area contributed by atoms with Crippen molar-refractivity contribution in [2.24, 2.45) is 29.6 Å². The third kappa shape index (κ3) is 1.33. The zero-order valence-electron chi connectivity index (χ0n) is 9.54. The zero-order valence-corrected chi connectivity index (χ0v) is 9.54. The Hall–Kier alpha value is 0. The third-order valence-electron chi connectivity index (χ3n) is 5.39. The predicted octanol–water partition coefficient (Wildman–Crippen LogP) is 4.25. The summed E-state index contributed by atoms with van der Waals surface area (Å²) in [5.74, 6) is 5.90. The summed E-state index contributed by atoms with van der Waals surface area (Å²) in [6.07, 6.45) is 12.4. The van der Waals surface area contributed by atoms with E-state index in [0.717, 1.165) is 0 Å². The molecule has 4 fully saturated rings. The van der Waals surface area contributed by atoms with Gasteiger partial charge in [0.25, 0.3) is 0 Å². The summed E-state index contributed by atoms with van der Waals surface area (Å²) < 4.78 is 0. The maximum atomic E-state index is 2.33. The molecular weight excluding hydrogens is 168 g/mol. The first-order valence-corrected chi connectivity index (χ1v) is 6.88. The van der Waals surface area contributed by atoms with Crippen molar-refractivity contribution in [2.75, 3.05) is 0 Å². The molecule has 0 aromatic heterocycles. The van der Waals surface area contributed by atoms with Crippen molar-refractivity contribution in [1.82, 2.24) is 0 Å². The van der Waals surface area contributed by atoms with Crippen molar-refractivity contribution in [1.29, 1.82) is 0 Å². The van der Waals surface area contributed by atoms with Crippen molar-refractivity contribution < 1.29 is 0 Å². The van der Waals surface area contributed by atoms with Gasteiger partial charge in [0, 0.05) is 0 Å². The second kappa shape index (κ2) is 3.54. The summed E-state index contributed by atoms with van der Waals surface area (Å²) in [7, 11) is 0. The van der Waals surface area contributed by atoms with Crippen LogP contribution in [0.1, 0.15) is 58.3 Å². The topological polar surface area (TPSA) is 0 Å². The molecule has 80 valence electrons. The molecule has 5 atom stereocenters. The fourth-order valence-electron chi connectivity index (χ4n) is 4.96. The van der Waals surface area contributed by atoms with Gasteiger partial charge in [-0.15, -0.1) is 0 Å². The van der Waals surface area contributed by atoms with E-state index < -0.39 is 0 Å². The lowest BCUT2D eigenvalue weighted by Crippen LogP contribution is -2.22. The molecule has 4 aliphatic rings. The van der Waals surface area contributed by atoms with E-state index in [0.29, 0.717) is 0 Å². The molecule has 0 heteroatoms. The highest BCUT2D eigenvalue weighted by atomic mass is 14.6. The first-order valence-electron chi connectivity index (χ1n) is 6.88. The lowest BCUT2D eigenvalue weighted by Gasteiger charge is -2.32. The van der Waals surface area contributed by atoms with Gasteiger partial charge in [-0.25, -0.2) is 0 Å². The van der Waals surface area contributed by atoms with E-state index in [4.69, 9.17) is 0 Å². The molecular formula is C14H24. The van der Waals surface area contributed by atoms with Gasteiger partial charge in [-0.3, -0.25) is 0 Å². The SMILES string of the molecule is CCCCCC1C2CC3CC(C2)C1C3. The van der Waals surface area contributed by atoms with Crippen molar-refractivity contribution in [3.63, 3.8) is 0 Å². The maximum absolute atomic E-state index is 2.33. The molecule has 0 saturated heterocycles. The highest BCUT2D eigenvalue weighted by Gasteiger charge is 2.52.